The van der Waals surface area contributed by atoms with Gasteiger partial charge in [0.15, 0.2) is 0 Å². The summed E-state index contributed by atoms with van der Waals surface area (Å²) in [6.07, 6.45) is 0. The van der Waals surface area contributed by atoms with E-state index in [1.165, 1.54) is 0 Å². The highest BCUT2D eigenvalue weighted by Crippen LogP contribution is 2.44. The first-order valence-electron chi connectivity index (χ1n) is 7.28. The van der Waals surface area contributed by atoms with Crippen LogP contribution in [0.3, 0.4) is 0 Å². The van der Waals surface area contributed by atoms with Gasteiger partial charge >= 0.3 is 0 Å². The molecule has 19 heavy (non-hydrogen) atoms. The highest BCUT2D eigenvalue weighted by Gasteiger charge is 2.28. The van der Waals surface area contributed by atoms with Crippen molar-refractivity contribution in [2.45, 2.75) is 67.2 Å². The quantitative estimate of drug-likeness (QED) is 0.725. The van der Waals surface area contributed by atoms with Gasteiger partial charge in [-0.15, -0.1) is 0 Å². The van der Waals surface area contributed by atoms with Crippen molar-refractivity contribution in [2.24, 2.45) is 10.8 Å². The second-order valence-corrected chi connectivity index (χ2v) is 7.96. The summed E-state index contributed by atoms with van der Waals surface area (Å²) < 4.78 is 0. The first-order chi connectivity index (χ1) is 8.46. The number of phenols is 1. The van der Waals surface area contributed by atoms with E-state index in [1.807, 2.05) is 0 Å². The van der Waals surface area contributed by atoms with Gasteiger partial charge in [-0.1, -0.05) is 73.6 Å². The van der Waals surface area contributed by atoms with Crippen LogP contribution in [0.15, 0.2) is 18.2 Å². The Balaban J connectivity index is 3.27. The minimum Gasteiger partial charge on any atom is -0.507 e. The van der Waals surface area contributed by atoms with E-state index in [0.29, 0.717) is 17.6 Å². The van der Waals surface area contributed by atoms with Crippen LogP contribution in [0, 0.1) is 10.8 Å². The minimum absolute atomic E-state index is 0.154. The summed E-state index contributed by atoms with van der Waals surface area (Å²) in [6, 6.07) is 6.20. The molecule has 0 bridgehead atoms. The molecule has 1 aromatic carbocycles. The van der Waals surface area contributed by atoms with Crippen molar-refractivity contribution in [3.63, 3.8) is 0 Å². The zero-order chi connectivity index (χ0) is 15.0. The van der Waals surface area contributed by atoms with Crippen molar-refractivity contribution in [3.8, 4) is 5.75 Å². The fourth-order valence-corrected chi connectivity index (χ4v) is 2.21. The van der Waals surface area contributed by atoms with Gasteiger partial charge in [0, 0.05) is 0 Å². The third kappa shape index (κ3) is 3.52. The largest absolute Gasteiger partial charge is 0.507 e. The van der Waals surface area contributed by atoms with Crippen molar-refractivity contribution < 1.29 is 5.11 Å². The first kappa shape index (κ1) is 16.1. The molecule has 0 heterocycles. The van der Waals surface area contributed by atoms with Crippen LogP contribution < -0.4 is 0 Å². The van der Waals surface area contributed by atoms with Crippen LogP contribution in [0.25, 0.3) is 0 Å². The van der Waals surface area contributed by atoms with Gasteiger partial charge in [0.1, 0.15) is 5.75 Å². The van der Waals surface area contributed by atoms with Crippen molar-refractivity contribution in [1.29, 1.82) is 0 Å². The minimum atomic E-state index is 0.154. The van der Waals surface area contributed by atoms with Gasteiger partial charge in [-0.2, -0.15) is 0 Å². The Labute approximate surface area is 119 Å². The molecule has 0 aromatic heterocycles. The van der Waals surface area contributed by atoms with Crippen LogP contribution in [0.5, 0.6) is 5.75 Å². The van der Waals surface area contributed by atoms with Gasteiger partial charge < -0.3 is 5.11 Å². The van der Waals surface area contributed by atoms with Gasteiger partial charge in [0.25, 0.3) is 0 Å². The standard InChI is InChI=1S/C18H30O/c1-12(17(3,4)5)14-10-9-11-15(16(14)19)13(2)18(6,7)8/h9-13,19H,1-8H3. The second kappa shape index (κ2) is 5.19. The molecule has 0 amide bonds. The Hall–Kier alpha value is -0.980. The van der Waals surface area contributed by atoms with Crippen LogP contribution >= 0.6 is 0 Å². The number of benzene rings is 1. The van der Waals surface area contributed by atoms with Gasteiger partial charge in [0.2, 0.25) is 0 Å². The fraction of sp³-hybridized carbons (Fsp3) is 0.667. The predicted molar refractivity (Wildman–Crippen MR) is 83.8 cm³/mol. The smallest absolute Gasteiger partial charge is 0.122 e. The average molecular weight is 262 g/mol. The number of aromatic hydroxyl groups is 1. The van der Waals surface area contributed by atoms with Crippen molar-refractivity contribution in [2.75, 3.05) is 0 Å². The maximum absolute atomic E-state index is 10.7. The monoisotopic (exact) mass is 262 g/mol. The van der Waals surface area contributed by atoms with E-state index < -0.39 is 0 Å². The van der Waals surface area contributed by atoms with Gasteiger partial charge in [0.05, 0.1) is 0 Å². The molecule has 1 aromatic rings. The number of para-hydroxylation sites is 1. The van der Waals surface area contributed by atoms with E-state index >= 15 is 0 Å². The summed E-state index contributed by atoms with van der Waals surface area (Å²) in [6.45, 7) is 17.7. The summed E-state index contributed by atoms with van der Waals surface area (Å²) in [7, 11) is 0. The van der Waals surface area contributed by atoms with Gasteiger partial charge in [-0.05, 0) is 33.8 Å². The van der Waals surface area contributed by atoms with Crippen LogP contribution in [0.1, 0.15) is 78.4 Å². The van der Waals surface area contributed by atoms with E-state index in [-0.39, 0.29) is 10.8 Å². The lowest BCUT2D eigenvalue weighted by Gasteiger charge is -2.32. The Morgan fingerprint density at radius 2 is 1.11 bits per heavy atom. The maximum Gasteiger partial charge on any atom is 0.122 e. The molecule has 0 aliphatic heterocycles. The molecule has 0 saturated carbocycles. The summed E-state index contributed by atoms with van der Waals surface area (Å²) in [4.78, 5) is 0. The van der Waals surface area contributed by atoms with Crippen molar-refractivity contribution in [1.82, 2.24) is 0 Å². The van der Waals surface area contributed by atoms with Crippen LogP contribution in [-0.4, -0.2) is 5.11 Å². The lowest BCUT2D eigenvalue weighted by Crippen LogP contribution is -2.18. The molecule has 1 rings (SSSR count). The Morgan fingerprint density at radius 1 is 0.789 bits per heavy atom. The summed E-state index contributed by atoms with van der Waals surface area (Å²) in [5.74, 6) is 1.16. The molecule has 0 radical (unpaired) electrons. The average Bonchev–Trinajstić information content (AvgIpc) is 2.25. The van der Waals surface area contributed by atoms with E-state index in [0.717, 1.165) is 11.1 Å². The van der Waals surface area contributed by atoms with Crippen LogP contribution in [0.4, 0.5) is 0 Å². The van der Waals surface area contributed by atoms with Crippen molar-refractivity contribution >= 4 is 0 Å². The molecule has 1 nitrogen and oxygen atoms in total. The first-order valence-corrected chi connectivity index (χ1v) is 7.28. The molecular weight excluding hydrogens is 232 g/mol. The fourth-order valence-electron chi connectivity index (χ4n) is 2.21. The highest BCUT2D eigenvalue weighted by molar-refractivity contribution is 5.45. The molecule has 0 aliphatic carbocycles. The number of rotatable bonds is 2. The molecule has 0 fully saturated rings. The SMILES string of the molecule is CC(c1cccc(C(C)C(C)(C)C)c1O)C(C)(C)C. The van der Waals surface area contributed by atoms with Gasteiger partial charge in [-0.25, -0.2) is 0 Å². The lowest BCUT2D eigenvalue weighted by atomic mass is 9.73. The van der Waals surface area contributed by atoms with Crippen molar-refractivity contribution in [3.05, 3.63) is 29.3 Å². The van der Waals surface area contributed by atoms with Gasteiger partial charge in [-0.3, -0.25) is 0 Å². The van der Waals surface area contributed by atoms with Crippen LogP contribution in [-0.2, 0) is 0 Å². The molecule has 0 aliphatic rings. The normalized spacial score (nSPS) is 16.2. The summed E-state index contributed by atoms with van der Waals surface area (Å²) >= 11 is 0. The number of hydrogen-bond acceptors (Lipinski definition) is 1. The van der Waals surface area contributed by atoms with E-state index in [1.54, 1.807) is 0 Å². The van der Waals surface area contributed by atoms with E-state index in [4.69, 9.17) is 0 Å². The Morgan fingerprint density at radius 3 is 1.37 bits per heavy atom. The summed E-state index contributed by atoms with van der Waals surface area (Å²) in [5.41, 5.74) is 2.45. The lowest BCUT2D eigenvalue weighted by molar-refractivity contribution is 0.315. The zero-order valence-electron chi connectivity index (χ0n) is 13.8. The predicted octanol–water partition coefficient (Wildman–Crippen LogP) is 5.69. The van der Waals surface area contributed by atoms with Crippen LogP contribution in [0.2, 0.25) is 0 Å². The third-order valence-corrected chi connectivity index (χ3v) is 4.63. The maximum atomic E-state index is 10.7. The number of hydrogen-bond donors (Lipinski definition) is 1. The zero-order valence-corrected chi connectivity index (χ0v) is 13.8. The van der Waals surface area contributed by atoms with E-state index in [9.17, 15) is 5.11 Å². The molecule has 0 saturated heterocycles. The Kier molecular flexibility index (Phi) is 4.39. The molecule has 108 valence electrons. The molecule has 1 heteroatoms. The molecule has 1 N–H and O–H groups in total. The molecule has 0 spiro atoms. The number of phenolic OH excluding ortho intramolecular Hbond substituents is 1. The topological polar surface area (TPSA) is 20.2 Å². The molecule has 2 atom stereocenters. The Bertz CT molecular complexity index is 394. The second-order valence-electron chi connectivity index (χ2n) is 7.96. The van der Waals surface area contributed by atoms with E-state index in [2.05, 4.69) is 73.6 Å². The summed E-state index contributed by atoms with van der Waals surface area (Å²) in [5, 5.41) is 10.7. The highest BCUT2D eigenvalue weighted by atomic mass is 16.3. The third-order valence-electron chi connectivity index (χ3n) is 4.63. The molecular formula is C18H30O. The molecule has 2 unspecified atom stereocenters.